The van der Waals surface area contributed by atoms with Gasteiger partial charge < -0.3 is 5.32 Å². The zero-order valence-corrected chi connectivity index (χ0v) is 18.5. The molecule has 0 saturated carbocycles. The van der Waals surface area contributed by atoms with Crippen LogP contribution in [0.25, 0.3) is 6.08 Å². The fourth-order valence-corrected chi connectivity index (χ4v) is 4.74. The molecular formula is C23H29N3O3S. The normalized spacial score (nSPS) is 17.2. The van der Waals surface area contributed by atoms with Crippen LogP contribution in [0.2, 0.25) is 0 Å². The summed E-state index contributed by atoms with van der Waals surface area (Å²) in [6.07, 6.45) is 1.61. The van der Waals surface area contributed by atoms with E-state index in [0.29, 0.717) is 26.2 Å². The van der Waals surface area contributed by atoms with Crippen LogP contribution in [0.15, 0.2) is 53.9 Å². The Morgan fingerprint density at radius 3 is 2.17 bits per heavy atom. The van der Waals surface area contributed by atoms with Crippen LogP contribution in [0.4, 0.5) is 5.69 Å². The number of carbonyl (C=O) groups excluding carboxylic acids is 1. The Labute approximate surface area is 179 Å². The third kappa shape index (κ3) is 5.36. The number of hydrogen-bond donors (Lipinski definition) is 1. The molecule has 1 amide bonds. The van der Waals surface area contributed by atoms with Gasteiger partial charge in [0.25, 0.3) is 0 Å². The highest BCUT2D eigenvalue weighted by Crippen LogP contribution is 2.20. The monoisotopic (exact) mass is 427 g/mol. The van der Waals surface area contributed by atoms with Gasteiger partial charge in [0.2, 0.25) is 15.9 Å². The number of para-hydroxylation sites is 1. The molecule has 0 radical (unpaired) electrons. The van der Waals surface area contributed by atoms with Gasteiger partial charge in [0, 0.05) is 37.3 Å². The van der Waals surface area contributed by atoms with E-state index in [-0.39, 0.29) is 11.9 Å². The quantitative estimate of drug-likeness (QED) is 0.768. The van der Waals surface area contributed by atoms with Gasteiger partial charge in [-0.25, -0.2) is 8.42 Å². The van der Waals surface area contributed by atoms with Crippen molar-refractivity contribution in [1.29, 1.82) is 0 Å². The molecular weight excluding hydrogens is 398 g/mol. The van der Waals surface area contributed by atoms with Crippen molar-refractivity contribution in [2.24, 2.45) is 0 Å². The standard InChI is InChI=1S/C23H29N3O3S/c1-18-8-7-9-19(2)22(18)24-23(27)20(3)25-13-15-26(16-14-25)30(28,29)17-12-21-10-5-4-6-11-21/h4-12,17,20H,13-16H2,1-3H3,(H,24,27)/b17-12+/t20-/m0/s1. The van der Waals surface area contributed by atoms with E-state index in [9.17, 15) is 13.2 Å². The van der Waals surface area contributed by atoms with Crippen molar-refractivity contribution in [3.05, 3.63) is 70.6 Å². The maximum absolute atomic E-state index is 12.8. The van der Waals surface area contributed by atoms with Crippen molar-refractivity contribution < 1.29 is 13.2 Å². The molecule has 0 unspecified atom stereocenters. The van der Waals surface area contributed by atoms with E-state index in [1.807, 2.05) is 74.2 Å². The van der Waals surface area contributed by atoms with Crippen LogP contribution < -0.4 is 5.32 Å². The summed E-state index contributed by atoms with van der Waals surface area (Å²) in [5.74, 6) is -0.0762. The maximum atomic E-state index is 12.8. The minimum atomic E-state index is -3.49. The molecule has 7 heteroatoms. The SMILES string of the molecule is Cc1cccc(C)c1NC(=O)[C@H](C)N1CCN(S(=O)(=O)/C=C/c2ccccc2)CC1. The lowest BCUT2D eigenvalue weighted by Gasteiger charge is -2.36. The number of nitrogens with one attached hydrogen (secondary N) is 1. The number of sulfonamides is 1. The molecule has 1 aliphatic heterocycles. The maximum Gasteiger partial charge on any atom is 0.241 e. The molecule has 0 aromatic heterocycles. The predicted octanol–water partition coefficient (Wildman–Crippen LogP) is 3.25. The second-order valence-corrected chi connectivity index (χ2v) is 9.44. The van der Waals surface area contributed by atoms with E-state index in [4.69, 9.17) is 0 Å². The van der Waals surface area contributed by atoms with Gasteiger partial charge in [-0.15, -0.1) is 0 Å². The molecule has 6 nitrogen and oxygen atoms in total. The molecule has 1 N–H and O–H groups in total. The predicted molar refractivity (Wildman–Crippen MR) is 122 cm³/mol. The zero-order chi connectivity index (χ0) is 21.7. The smallest absolute Gasteiger partial charge is 0.241 e. The van der Waals surface area contributed by atoms with Gasteiger partial charge in [0.1, 0.15) is 0 Å². The number of rotatable bonds is 6. The molecule has 2 aromatic carbocycles. The van der Waals surface area contributed by atoms with E-state index in [1.165, 1.54) is 9.71 Å². The first kappa shape index (κ1) is 22.2. The minimum Gasteiger partial charge on any atom is -0.324 e. The first-order valence-corrected chi connectivity index (χ1v) is 11.6. The van der Waals surface area contributed by atoms with Gasteiger partial charge in [-0.3, -0.25) is 9.69 Å². The lowest BCUT2D eigenvalue weighted by molar-refractivity contribution is -0.121. The van der Waals surface area contributed by atoms with Gasteiger partial charge in [-0.1, -0.05) is 48.5 Å². The van der Waals surface area contributed by atoms with Crippen molar-refractivity contribution in [1.82, 2.24) is 9.21 Å². The van der Waals surface area contributed by atoms with Crippen LogP contribution in [0.1, 0.15) is 23.6 Å². The summed E-state index contributed by atoms with van der Waals surface area (Å²) in [6, 6.07) is 14.9. The number of amides is 1. The number of piperazine rings is 1. The minimum absolute atomic E-state index is 0.0762. The van der Waals surface area contributed by atoms with E-state index < -0.39 is 10.0 Å². The van der Waals surface area contributed by atoms with Gasteiger partial charge >= 0.3 is 0 Å². The Morgan fingerprint density at radius 1 is 0.967 bits per heavy atom. The largest absolute Gasteiger partial charge is 0.324 e. The summed E-state index contributed by atoms with van der Waals surface area (Å²) < 4.78 is 26.7. The van der Waals surface area contributed by atoms with Crippen molar-refractivity contribution >= 4 is 27.7 Å². The third-order valence-electron chi connectivity index (χ3n) is 5.52. The molecule has 0 bridgehead atoms. The van der Waals surface area contributed by atoms with Gasteiger partial charge in [-0.05, 0) is 43.5 Å². The number of anilines is 1. The number of benzene rings is 2. The molecule has 1 atom stereocenters. The Kier molecular flexibility index (Phi) is 7.07. The highest BCUT2D eigenvalue weighted by atomic mass is 32.2. The average Bonchev–Trinajstić information content (AvgIpc) is 2.75. The molecule has 1 saturated heterocycles. The summed E-state index contributed by atoms with van der Waals surface area (Å²) >= 11 is 0. The van der Waals surface area contributed by atoms with Gasteiger partial charge in [0.15, 0.2) is 0 Å². The van der Waals surface area contributed by atoms with E-state index in [1.54, 1.807) is 6.08 Å². The van der Waals surface area contributed by atoms with Crippen LogP contribution in [0, 0.1) is 13.8 Å². The topological polar surface area (TPSA) is 69.7 Å². The third-order valence-corrected chi connectivity index (χ3v) is 7.09. The lowest BCUT2D eigenvalue weighted by Crippen LogP contribution is -2.53. The molecule has 1 heterocycles. The molecule has 30 heavy (non-hydrogen) atoms. The Balaban J connectivity index is 1.58. The summed E-state index contributed by atoms with van der Waals surface area (Å²) in [4.78, 5) is 14.8. The number of nitrogens with zero attached hydrogens (tertiary/aromatic N) is 2. The lowest BCUT2D eigenvalue weighted by atomic mass is 10.1. The molecule has 0 spiro atoms. The number of aryl methyl sites for hydroxylation is 2. The molecule has 3 rings (SSSR count). The molecule has 0 aliphatic carbocycles. The van der Waals surface area contributed by atoms with Crippen LogP contribution in [-0.2, 0) is 14.8 Å². The second-order valence-electron chi connectivity index (χ2n) is 7.63. The summed E-state index contributed by atoms with van der Waals surface area (Å²) in [7, 11) is -3.49. The summed E-state index contributed by atoms with van der Waals surface area (Å²) in [5, 5.41) is 4.29. The highest BCUT2D eigenvalue weighted by Gasteiger charge is 2.30. The summed E-state index contributed by atoms with van der Waals surface area (Å²) in [5.41, 5.74) is 3.74. The molecule has 2 aromatic rings. The van der Waals surface area contributed by atoms with Crippen molar-refractivity contribution in [3.8, 4) is 0 Å². The van der Waals surface area contributed by atoms with E-state index in [2.05, 4.69) is 5.32 Å². The number of hydrogen-bond acceptors (Lipinski definition) is 4. The Bertz CT molecular complexity index is 991. The number of carbonyl (C=O) groups is 1. The van der Waals surface area contributed by atoms with Crippen LogP contribution in [-0.4, -0.2) is 55.8 Å². The van der Waals surface area contributed by atoms with Gasteiger partial charge in [-0.2, -0.15) is 4.31 Å². The van der Waals surface area contributed by atoms with Crippen molar-refractivity contribution in [2.45, 2.75) is 26.8 Å². The first-order chi connectivity index (χ1) is 14.3. The van der Waals surface area contributed by atoms with Crippen LogP contribution >= 0.6 is 0 Å². The summed E-state index contributed by atoms with van der Waals surface area (Å²) in [6.45, 7) is 7.56. The Hall–Kier alpha value is -2.48. The van der Waals surface area contributed by atoms with Gasteiger partial charge in [0.05, 0.1) is 6.04 Å². The van der Waals surface area contributed by atoms with Crippen molar-refractivity contribution in [2.75, 3.05) is 31.5 Å². The van der Waals surface area contributed by atoms with Crippen LogP contribution in [0.5, 0.6) is 0 Å². The van der Waals surface area contributed by atoms with E-state index in [0.717, 1.165) is 22.4 Å². The first-order valence-electron chi connectivity index (χ1n) is 10.1. The fraction of sp³-hybridized carbons (Fsp3) is 0.348. The fourth-order valence-electron chi connectivity index (χ4n) is 3.57. The second kappa shape index (κ2) is 9.55. The van der Waals surface area contributed by atoms with Crippen LogP contribution in [0.3, 0.4) is 0 Å². The molecule has 1 aliphatic rings. The molecule has 1 fully saturated rings. The average molecular weight is 428 g/mol. The zero-order valence-electron chi connectivity index (χ0n) is 17.7. The van der Waals surface area contributed by atoms with Crippen molar-refractivity contribution in [3.63, 3.8) is 0 Å². The molecule has 160 valence electrons. The van der Waals surface area contributed by atoms with E-state index >= 15 is 0 Å². The highest BCUT2D eigenvalue weighted by molar-refractivity contribution is 7.92. The Morgan fingerprint density at radius 2 is 1.57 bits per heavy atom.